The van der Waals surface area contributed by atoms with Gasteiger partial charge in [0.25, 0.3) is 5.92 Å². The second kappa shape index (κ2) is 6.04. The van der Waals surface area contributed by atoms with E-state index in [1.165, 1.54) is 25.1 Å². The molecule has 0 radical (unpaired) electrons. The van der Waals surface area contributed by atoms with Gasteiger partial charge in [0.15, 0.2) is 0 Å². The number of nitrogens with zero attached hydrogens (tertiary/aromatic N) is 1. The number of alkyl halides is 2. The minimum Gasteiger partial charge on any atom is -0.663 e. The molecule has 0 aliphatic heterocycles. The van der Waals surface area contributed by atoms with Crippen LogP contribution in [0.5, 0.6) is 0 Å². The van der Waals surface area contributed by atoms with E-state index in [9.17, 15) is 13.2 Å². The predicted molar refractivity (Wildman–Crippen MR) is 64.1 cm³/mol. The maximum atomic E-state index is 14.1. The Kier molecular flexibility index (Phi) is 4.92. The minimum absolute atomic E-state index is 0.281. The van der Waals surface area contributed by atoms with E-state index >= 15 is 0 Å². The summed E-state index contributed by atoms with van der Waals surface area (Å²) in [5.41, 5.74) is 5.14. The fourth-order valence-electron chi connectivity index (χ4n) is 1.80. The Morgan fingerprint density at radius 1 is 1.37 bits per heavy atom. The molecule has 0 aliphatic carbocycles. The lowest BCUT2D eigenvalue weighted by Crippen LogP contribution is -2.46. The molecule has 0 bridgehead atoms. The molecule has 0 saturated carbocycles. The Morgan fingerprint density at radius 3 is 2.53 bits per heavy atom. The molecule has 0 fully saturated rings. The fourth-order valence-corrected chi connectivity index (χ4v) is 1.80. The predicted octanol–water partition coefficient (Wildman–Crippen LogP) is 3.66. The molecule has 1 aromatic rings. The maximum absolute atomic E-state index is 14.1. The van der Waals surface area contributed by atoms with Gasteiger partial charge in [-0.25, -0.2) is 13.2 Å². The van der Waals surface area contributed by atoms with E-state index in [1.807, 2.05) is 0 Å². The number of benzene rings is 1. The van der Waals surface area contributed by atoms with Crippen molar-refractivity contribution >= 4 is 0 Å². The van der Waals surface area contributed by atoms with E-state index in [2.05, 4.69) is 4.74 Å². The summed E-state index contributed by atoms with van der Waals surface area (Å²) in [7, 11) is 0. The molecule has 3 nitrogen and oxygen atoms in total. The second-order valence-electron chi connectivity index (χ2n) is 4.09. The SMILES string of the molecule is CC[C@@]([NH-])(c1ccccc1F)C(F)(F)COCC#N. The van der Waals surface area contributed by atoms with Crippen LogP contribution in [0.1, 0.15) is 18.9 Å². The smallest absolute Gasteiger partial charge is 0.262 e. The van der Waals surface area contributed by atoms with E-state index in [0.717, 1.165) is 6.07 Å². The Labute approximate surface area is 109 Å². The Balaban J connectivity index is 3.09. The molecule has 19 heavy (non-hydrogen) atoms. The number of rotatable bonds is 6. The van der Waals surface area contributed by atoms with E-state index in [0.29, 0.717) is 0 Å². The van der Waals surface area contributed by atoms with Crippen molar-refractivity contribution in [3.8, 4) is 6.07 Å². The summed E-state index contributed by atoms with van der Waals surface area (Å²) in [6.45, 7) is -0.198. The van der Waals surface area contributed by atoms with Crippen molar-refractivity contribution in [1.29, 1.82) is 5.26 Å². The van der Waals surface area contributed by atoms with Crippen LogP contribution in [0.15, 0.2) is 24.3 Å². The maximum Gasteiger partial charge on any atom is 0.262 e. The van der Waals surface area contributed by atoms with Crippen LogP contribution in [0.3, 0.4) is 0 Å². The van der Waals surface area contributed by atoms with Crippen LogP contribution in [0.2, 0.25) is 0 Å². The molecular weight excluding hydrogens is 257 g/mol. The zero-order valence-electron chi connectivity index (χ0n) is 10.4. The van der Waals surface area contributed by atoms with E-state index in [4.69, 9.17) is 11.0 Å². The third-order valence-electron chi connectivity index (χ3n) is 2.94. The summed E-state index contributed by atoms with van der Waals surface area (Å²) in [6.07, 6.45) is -0.281. The Bertz CT molecular complexity index is 473. The van der Waals surface area contributed by atoms with Gasteiger partial charge in [-0.15, -0.1) is 0 Å². The standard InChI is InChI=1S/C13H14F3N2O/c1-2-12(18,10-5-3-4-6-11(10)14)13(15,16)9-19-8-7-17/h3-6,18H,2,8-9H2,1H3/q-1/t12-/m1/s1. The molecule has 1 rings (SSSR count). The molecule has 1 aromatic carbocycles. The van der Waals surface area contributed by atoms with Gasteiger partial charge in [0.1, 0.15) is 19.0 Å². The van der Waals surface area contributed by atoms with Crippen molar-refractivity contribution in [2.75, 3.05) is 13.2 Å². The van der Waals surface area contributed by atoms with Gasteiger partial charge in [-0.05, 0) is 17.2 Å². The van der Waals surface area contributed by atoms with Crippen molar-refractivity contribution in [3.05, 3.63) is 41.4 Å². The molecule has 0 aliphatic rings. The first-order valence-corrected chi connectivity index (χ1v) is 5.71. The minimum atomic E-state index is -3.60. The number of halogens is 3. The van der Waals surface area contributed by atoms with Crippen molar-refractivity contribution in [1.82, 2.24) is 0 Å². The lowest BCUT2D eigenvalue weighted by atomic mass is 9.82. The Morgan fingerprint density at radius 2 is 2.00 bits per heavy atom. The first-order chi connectivity index (χ1) is 8.89. The number of nitriles is 1. The second-order valence-corrected chi connectivity index (χ2v) is 4.09. The summed E-state index contributed by atoms with van der Waals surface area (Å²) >= 11 is 0. The van der Waals surface area contributed by atoms with Crippen LogP contribution >= 0.6 is 0 Å². The molecular formula is C13H14F3N2O-. The van der Waals surface area contributed by atoms with Crippen LogP contribution in [0, 0.1) is 17.1 Å². The lowest BCUT2D eigenvalue weighted by molar-refractivity contribution is -0.116. The van der Waals surface area contributed by atoms with Crippen molar-refractivity contribution in [2.45, 2.75) is 24.8 Å². The van der Waals surface area contributed by atoms with E-state index < -0.39 is 30.5 Å². The number of ether oxygens (including phenoxy) is 1. The summed E-state index contributed by atoms with van der Waals surface area (Å²) in [5, 5.41) is 8.26. The van der Waals surface area contributed by atoms with Gasteiger partial charge in [-0.2, -0.15) is 5.26 Å². The molecule has 6 heteroatoms. The molecule has 1 N–H and O–H groups in total. The zero-order valence-corrected chi connectivity index (χ0v) is 10.4. The monoisotopic (exact) mass is 271 g/mol. The third kappa shape index (κ3) is 3.06. The normalized spacial score (nSPS) is 14.7. The molecule has 0 amide bonds. The molecule has 0 heterocycles. The fraction of sp³-hybridized carbons (Fsp3) is 0.462. The highest BCUT2D eigenvalue weighted by Gasteiger charge is 2.45. The van der Waals surface area contributed by atoms with Gasteiger partial charge < -0.3 is 10.5 Å². The van der Waals surface area contributed by atoms with Gasteiger partial charge in [-0.1, -0.05) is 31.5 Å². The third-order valence-corrected chi connectivity index (χ3v) is 2.94. The number of hydrogen-bond donors (Lipinski definition) is 0. The van der Waals surface area contributed by atoms with Gasteiger partial charge in [0.05, 0.1) is 6.07 Å². The number of hydrogen-bond acceptors (Lipinski definition) is 2. The van der Waals surface area contributed by atoms with Gasteiger partial charge in [0.2, 0.25) is 0 Å². The van der Waals surface area contributed by atoms with Gasteiger partial charge in [-0.3, -0.25) is 0 Å². The van der Waals surface area contributed by atoms with Gasteiger partial charge >= 0.3 is 0 Å². The molecule has 0 spiro atoms. The molecule has 0 saturated heterocycles. The summed E-state index contributed by atoms with van der Waals surface area (Å²) in [4.78, 5) is 0. The topological polar surface area (TPSA) is 56.8 Å². The quantitative estimate of drug-likeness (QED) is 0.741. The molecule has 1 atom stereocenters. The first-order valence-electron chi connectivity index (χ1n) is 5.71. The largest absolute Gasteiger partial charge is 0.663 e. The lowest BCUT2D eigenvalue weighted by Gasteiger charge is -2.45. The van der Waals surface area contributed by atoms with E-state index in [-0.39, 0.29) is 12.0 Å². The highest BCUT2D eigenvalue weighted by atomic mass is 19.3. The average Bonchev–Trinajstić information content (AvgIpc) is 2.38. The van der Waals surface area contributed by atoms with Crippen LogP contribution < -0.4 is 0 Å². The summed E-state index contributed by atoms with van der Waals surface area (Å²) in [5.74, 6) is -4.44. The highest BCUT2D eigenvalue weighted by molar-refractivity contribution is 5.32. The average molecular weight is 271 g/mol. The Hall–Kier alpha value is -1.58. The summed E-state index contributed by atoms with van der Waals surface area (Å²) in [6, 6.07) is 6.56. The van der Waals surface area contributed by atoms with Crippen LogP contribution in [0.25, 0.3) is 5.73 Å². The summed E-state index contributed by atoms with van der Waals surface area (Å²) < 4.78 is 46.3. The highest BCUT2D eigenvalue weighted by Crippen LogP contribution is 2.44. The van der Waals surface area contributed by atoms with Crippen molar-refractivity contribution < 1.29 is 17.9 Å². The molecule has 0 aromatic heterocycles. The van der Waals surface area contributed by atoms with Crippen LogP contribution in [-0.4, -0.2) is 19.1 Å². The van der Waals surface area contributed by atoms with E-state index in [1.54, 1.807) is 6.07 Å². The number of nitrogens with one attached hydrogen (secondary N) is 1. The first kappa shape index (κ1) is 15.5. The van der Waals surface area contributed by atoms with Gasteiger partial charge in [0, 0.05) is 0 Å². The molecule has 104 valence electrons. The molecule has 0 unspecified atom stereocenters. The van der Waals surface area contributed by atoms with Crippen molar-refractivity contribution in [3.63, 3.8) is 0 Å². The van der Waals surface area contributed by atoms with Crippen LogP contribution in [-0.2, 0) is 10.3 Å². The van der Waals surface area contributed by atoms with Crippen LogP contribution in [0.4, 0.5) is 13.2 Å². The zero-order chi connectivity index (χ0) is 14.5. The van der Waals surface area contributed by atoms with Crippen molar-refractivity contribution in [2.24, 2.45) is 0 Å².